The fourth-order valence-corrected chi connectivity index (χ4v) is 3.75. The summed E-state index contributed by atoms with van der Waals surface area (Å²) in [4.78, 5) is 8.85. The maximum absolute atomic E-state index is 12.9. The van der Waals surface area contributed by atoms with Crippen LogP contribution >= 0.6 is 11.6 Å². The Bertz CT molecular complexity index is 978. The molecular formula is C21H20ClF3N4. The van der Waals surface area contributed by atoms with E-state index in [0.29, 0.717) is 17.1 Å². The first-order valence-electron chi connectivity index (χ1n) is 9.33. The highest BCUT2D eigenvalue weighted by Crippen LogP contribution is 2.30. The van der Waals surface area contributed by atoms with Gasteiger partial charge in [-0.2, -0.15) is 13.2 Å². The summed E-state index contributed by atoms with van der Waals surface area (Å²) in [6, 6.07) is 13.1. The van der Waals surface area contributed by atoms with Gasteiger partial charge in [-0.1, -0.05) is 35.9 Å². The quantitative estimate of drug-likeness (QED) is 0.602. The highest BCUT2D eigenvalue weighted by atomic mass is 35.5. The minimum atomic E-state index is -4.31. The molecule has 0 bridgehead atoms. The van der Waals surface area contributed by atoms with E-state index in [9.17, 15) is 13.2 Å². The van der Waals surface area contributed by atoms with E-state index in [4.69, 9.17) is 11.6 Å². The van der Waals surface area contributed by atoms with Gasteiger partial charge in [-0.05, 0) is 29.8 Å². The molecule has 2 heterocycles. The van der Waals surface area contributed by atoms with Crippen LogP contribution in [0.4, 0.5) is 19.1 Å². The number of anilines is 1. The second-order valence-electron chi connectivity index (χ2n) is 7.04. The van der Waals surface area contributed by atoms with E-state index in [1.807, 2.05) is 35.0 Å². The summed E-state index contributed by atoms with van der Waals surface area (Å²) in [5.41, 5.74) is 1.02. The molecule has 0 unspecified atom stereocenters. The van der Waals surface area contributed by atoms with Gasteiger partial charge in [0.25, 0.3) is 0 Å². The van der Waals surface area contributed by atoms with Crippen molar-refractivity contribution in [3.8, 4) is 5.69 Å². The Balaban J connectivity index is 1.42. The van der Waals surface area contributed by atoms with Crippen LogP contribution in [0.15, 0.2) is 60.9 Å². The molecule has 3 aromatic rings. The van der Waals surface area contributed by atoms with Crippen LogP contribution in [0, 0.1) is 0 Å². The average molecular weight is 421 g/mol. The highest BCUT2D eigenvalue weighted by molar-refractivity contribution is 6.30. The van der Waals surface area contributed by atoms with E-state index in [1.165, 1.54) is 12.1 Å². The number of benzene rings is 2. The molecule has 1 aromatic heterocycles. The minimum Gasteiger partial charge on any atom is -0.339 e. The number of nitrogens with zero attached hydrogens (tertiary/aromatic N) is 4. The molecule has 0 saturated carbocycles. The fourth-order valence-electron chi connectivity index (χ4n) is 3.57. The average Bonchev–Trinajstić information content (AvgIpc) is 3.18. The maximum atomic E-state index is 12.9. The lowest BCUT2D eigenvalue weighted by atomic mass is 10.1. The standard InChI is InChI=1S/C21H20ClF3N4/c22-18-5-2-6-19(14-18)29-8-7-26-20(29)28-11-9-27(10-12-28)15-16-3-1-4-17(13-16)21(23,24)25/h1-8,13-14H,9-12,15H2. The molecule has 0 amide bonds. The molecule has 0 N–H and O–H groups in total. The largest absolute Gasteiger partial charge is 0.416 e. The topological polar surface area (TPSA) is 24.3 Å². The Kier molecular flexibility index (Phi) is 5.52. The third-order valence-electron chi connectivity index (χ3n) is 5.02. The van der Waals surface area contributed by atoms with Crippen LogP contribution in [0.25, 0.3) is 5.69 Å². The lowest BCUT2D eigenvalue weighted by Crippen LogP contribution is -2.46. The second kappa shape index (κ2) is 8.08. The molecule has 152 valence electrons. The van der Waals surface area contributed by atoms with Crippen LogP contribution < -0.4 is 4.90 Å². The number of rotatable bonds is 4. The van der Waals surface area contributed by atoms with E-state index in [1.54, 1.807) is 12.3 Å². The number of halogens is 4. The molecule has 29 heavy (non-hydrogen) atoms. The summed E-state index contributed by atoms with van der Waals surface area (Å²) >= 11 is 6.11. The molecule has 1 aliphatic rings. The predicted molar refractivity (Wildman–Crippen MR) is 108 cm³/mol. The fraction of sp³-hybridized carbons (Fsp3) is 0.286. The normalized spacial score (nSPS) is 15.7. The van der Waals surface area contributed by atoms with Crippen LogP contribution in [0.3, 0.4) is 0 Å². The first-order valence-corrected chi connectivity index (χ1v) is 9.71. The number of hydrogen-bond acceptors (Lipinski definition) is 3. The van der Waals surface area contributed by atoms with Crippen molar-refractivity contribution in [2.75, 3.05) is 31.1 Å². The molecule has 8 heteroatoms. The van der Waals surface area contributed by atoms with Gasteiger partial charge in [0.2, 0.25) is 5.95 Å². The van der Waals surface area contributed by atoms with Crippen LogP contribution in [-0.4, -0.2) is 40.6 Å². The summed E-state index contributed by atoms with van der Waals surface area (Å²) in [5, 5.41) is 0.660. The highest BCUT2D eigenvalue weighted by Gasteiger charge is 2.30. The van der Waals surface area contributed by atoms with Crippen molar-refractivity contribution < 1.29 is 13.2 Å². The first-order chi connectivity index (χ1) is 13.9. The maximum Gasteiger partial charge on any atom is 0.416 e. The van der Waals surface area contributed by atoms with E-state index in [0.717, 1.165) is 43.9 Å². The van der Waals surface area contributed by atoms with E-state index < -0.39 is 11.7 Å². The van der Waals surface area contributed by atoms with Crippen LogP contribution in [-0.2, 0) is 12.7 Å². The van der Waals surface area contributed by atoms with Crippen LogP contribution in [0.5, 0.6) is 0 Å². The van der Waals surface area contributed by atoms with Crippen molar-refractivity contribution in [1.82, 2.24) is 14.5 Å². The van der Waals surface area contributed by atoms with Gasteiger partial charge < -0.3 is 4.90 Å². The Morgan fingerprint density at radius 2 is 1.72 bits per heavy atom. The van der Waals surface area contributed by atoms with E-state index >= 15 is 0 Å². The second-order valence-corrected chi connectivity index (χ2v) is 7.47. The van der Waals surface area contributed by atoms with Crippen molar-refractivity contribution in [2.24, 2.45) is 0 Å². The summed E-state index contributed by atoms with van der Waals surface area (Å²) in [5.74, 6) is 0.839. The van der Waals surface area contributed by atoms with E-state index in [2.05, 4.69) is 14.8 Å². The lowest BCUT2D eigenvalue weighted by molar-refractivity contribution is -0.137. The zero-order chi connectivity index (χ0) is 20.4. The monoisotopic (exact) mass is 420 g/mol. The zero-order valence-electron chi connectivity index (χ0n) is 15.6. The Labute approximate surface area is 172 Å². The summed E-state index contributed by atoms with van der Waals surface area (Å²) in [6.07, 6.45) is -0.659. The number of imidazole rings is 1. The molecule has 4 nitrogen and oxygen atoms in total. The number of hydrogen-bond donors (Lipinski definition) is 0. The molecular weight excluding hydrogens is 401 g/mol. The molecule has 0 spiro atoms. The van der Waals surface area contributed by atoms with Gasteiger partial charge in [0.05, 0.1) is 5.56 Å². The van der Waals surface area contributed by atoms with Gasteiger partial charge in [-0.25, -0.2) is 4.98 Å². The Morgan fingerprint density at radius 1 is 0.966 bits per heavy atom. The van der Waals surface area contributed by atoms with Crippen molar-refractivity contribution in [3.05, 3.63) is 77.1 Å². The minimum absolute atomic E-state index is 0.500. The number of aromatic nitrogens is 2. The molecule has 1 saturated heterocycles. The molecule has 2 aromatic carbocycles. The Morgan fingerprint density at radius 3 is 2.45 bits per heavy atom. The summed E-state index contributed by atoms with van der Waals surface area (Å²) in [7, 11) is 0. The van der Waals surface area contributed by atoms with Crippen molar-refractivity contribution >= 4 is 17.5 Å². The van der Waals surface area contributed by atoms with Gasteiger partial charge in [-0.15, -0.1) is 0 Å². The number of alkyl halides is 3. The summed E-state index contributed by atoms with van der Waals surface area (Å²) in [6.45, 7) is 3.49. The van der Waals surface area contributed by atoms with Gasteiger partial charge in [0.1, 0.15) is 0 Å². The van der Waals surface area contributed by atoms with E-state index in [-0.39, 0.29) is 0 Å². The molecule has 0 radical (unpaired) electrons. The van der Waals surface area contributed by atoms with Gasteiger partial charge >= 0.3 is 6.18 Å². The zero-order valence-corrected chi connectivity index (χ0v) is 16.4. The number of piperazine rings is 1. The third-order valence-corrected chi connectivity index (χ3v) is 5.26. The van der Waals surface area contributed by atoms with Crippen LogP contribution in [0.1, 0.15) is 11.1 Å². The van der Waals surface area contributed by atoms with Crippen LogP contribution in [0.2, 0.25) is 5.02 Å². The van der Waals surface area contributed by atoms with Crippen molar-refractivity contribution in [1.29, 1.82) is 0 Å². The summed E-state index contributed by atoms with van der Waals surface area (Å²) < 4.78 is 40.8. The SMILES string of the molecule is FC(F)(F)c1cccc(CN2CCN(c3nccn3-c3cccc(Cl)c3)CC2)c1. The van der Waals surface area contributed by atoms with Gasteiger partial charge in [-0.3, -0.25) is 9.47 Å². The smallest absolute Gasteiger partial charge is 0.339 e. The predicted octanol–water partition coefficient (Wildman–Crippen LogP) is 4.87. The third kappa shape index (κ3) is 4.57. The lowest BCUT2D eigenvalue weighted by Gasteiger charge is -2.35. The Hall–Kier alpha value is -2.51. The molecule has 0 atom stereocenters. The van der Waals surface area contributed by atoms with Crippen molar-refractivity contribution in [2.45, 2.75) is 12.7 Å². The van der Waals surface area contributed by atoms with Gasteiger partial charge in [0.15, 0.2) is 0 Å². The molecule has 0 aliphatic carbocycles. The molecule has 4 rings (SSSR count). The first kappa shape index (κ1) is 19.8. The molecule has 1 aliphatic heterocycles. The van der Waals surface area contributed by atoms with Gasteiger partial charge in [0, 0.05) is 55.8 Å². The molecule has 1 fully saturated rings. The van der Waals surface area contributed by atoms with Crippen molar-refractivity contribution in [3.63, 3.8) is 0 Å².